The summed E-state index contributed by atoms with van der Waals surface area (Å²) in [5.74, 6) is 0.649. The highest BCUT2D eigenvalue weighted by atomic mass is 32.2. The number of hydrogen-bond donors (Lipinski definition) is 2. The standard InChI is InChI=1S/C14H18N2O3S/c1-15-6-5-10-7-9(3-4-11(10)19-2)8-12-13(17)16-14(18)20-12/h3-4,7,12,15H,5-6,8H2,1-2H3,(H,16,17,18). The van der Waals surface area contributed by atoms with Crippen molar-refractivity contribution in [3.05, 3.63) is 29.3 Å². The number of nitrogens with one attached hydrogen (secondary N) is 2. The van der Waals surface area contributed by atoms with Crippen molar-refractivity contribution < 1.29 is 14.3 Å². The van der Waals surface area contributed by atoms with Gasteiger partial charge in [0.25, 0.3) is 5.24 Å². The number of ether oxygens (including phenoxy) is 1. The highest BCUT2D eigenvalue weighted by molar-refractivity contribution is 8.15. The van der Waals surface area contributed by atoms with Gasteiger partial charge in [-0.3, -0.25) is 14.9 Å². The van der Waals surface area contributed by atoms with Gasteiger partial charge in [0.2, 0.25) is 5.91 Å². The topological polar surface area (TPSA) is 67.4 Å². The van der Waals surface area contributed by atoms with Crippen LogP contribution in [0, 0.1) is 0 Å². The molecule has 2 rings (SSSR count). The summed E-state index contributed by atoms with van der Waals surface area (Å²) in [6.45, 7) is 0.858. The summed E-state index contributed by atoms with van der Waals surface area (Å²) in [5, 5.41) is 4.83. The molecule has 0 aliphatic carbocycles. The van der Waals surface area contributed by atoms with Gasteiger partial charge in [-0.2, -0.15) is 0 Å². The molecule has 1 atom stereocenters. The summed E-state index contributed by atoms with van der Waals surface area (Å²) in [4.78, 5) is 22.7. The van der Waals surface area contributed by atoms with E-state index >= 15 is 0 Å². The lowest BCUT2D eigenvalue weighted by Gasteiger charge is -2.12. The zero-order valence-electron chi connectivity index (χ0n) is 11.6. The van der Waals surface area contributed by atoms with Crippen molar-refractivity contribution in [1.29, 1.82) is 0 Å². The van der Waals surface area contributed by atoms with E-state index in [1.165, 1.54) is 0 Å². The van der Waals surface area contributed by atoms with Gasteiger partial charge in [-0.05, 0) is 43.6 Å². The van der Waals surface area contributed by atoms with Gasteiger partial charge in [0.1, 0.15) is 5.75 Å². The maximum absolute atomic E-state index is 11.6. The largest absolute Gasteiger partial charge is 0.496 e. The summed E-state index contributed by atoms with van der Waals surface area (Å²) in [5.41, 5.74) is 2.15. The minimum absolute atomic E-state index is 0.201. The average molecular weight is 294 g/mol. The molecule has 0 spiro atoms. The minimum atomic E-state index is -0.326. The minimum Gasteiger partial charge on any atom is -0.496 e. The lowest BCUT2D eigenvalue weighted by atomic mass is 10.0. The monoisotopic (exact) mass is 294 g/mol. The third kappa shape index (κ3) is 3.52. The van der Waals surface area contributed by atoms with Gasteiger partial charge in [-0.25, -0.2) is 0 Å². The van der Waals surface area contributed by atoms with E-state index in [9.17, 15) is 9.59 Å². The molecule has 1 aromatic rings. The first-order valence-electron chi connectivity index (χ1n) is 6.46. The molecule has 6 heteroatoms. The van der Waals surface area contributed by atoms with Crippen molar-refractivity contribution in [1.82, 2.24) is 10.6 Å². The van der Waals surface area contributed by atoms with Gasteiger partial charge >= 0.3 is 0 Å². The third-order valence-corrected chi connectivity index (χ3v) is 4.16. The van der Waals surface area contributed by atoms with E-state index in [0.717, 1.165) is 41.6 Å². The Kier molecular flexibility index (Phi) is 5.03. The molecule has 2 amide bonds. The van der Waals surface area contributed by atoms with Crippen molar-refractivity contribution in [3.8, 4) is 5.75 Å². The molecule has 1 heterocycles. The summed E-state index contributed by atoms with van der Waals surface area (Å²) >= 11 is 1.06. The van der Waals surface area contributed by atoms with Crippen molar-refractivity contribution >= 4 is 22.9 Å². The number of likely N-dealkylation sites (N-methyl/N-ethyl adjacent to an activating group) is 1. The van der Waals surface area contributed by atoms with E-state index in [1.807, 2.05) is 25.2 Å². The highest BCUT2D eigenvalue weighted by Crippen LogP contribution is 2.26. The second-order valence-corrected chi connectivity index (χ2v) is 5.76. The van der Waals surface area contributed by atoms with E-state index in [4.69, 9.17) is 4.74 Å². The predicted octanol–water partition coefficient (Wildman–Crippen LogP) is 1.35. The molecule has 1 unspecified atom stereocenters. The van der Waals surface area contributed by atoms with Gasteiger partial charge in [-0.1, -0.05) is 23.9 Å². The SMILES string of the molecule is CNCCc1cc(CC2SC(=O)NC2=O)ccc1OC. The predicted molar refractivity (Wildman–Crippen MR) is 79.2 cm³/mol. The molecule has 20 heavy (non-hydrogen) atoms. The summed E-state index contributed by atoms with van der Waals surface area (Å²) in [6.07, 6.45) is 1.41. The van der Waals surface area contributed by atoms with Crippen LogP contribution < -0.4 is 15.4 Å². The molecule has 1 saturated heterocycles. The van der Waals surface area contributed by atoms with Crippen LogP contribution in [0.25, 0.3) is 0 Å². The Morgan fingerprint density at radius 3 is 2.80 bits per heavy atom. The lowest BCUT2D eigenvalue weighted by Crippen LogP contribution is -2.25. The highest BCUT2D eigenvalue weighted by Gasteiger charge is 2.31. The molecule has 5 nitrogen and oxygen atoms in total. The molecule has 0 bridgehead atoms. The molecule has 0 radical (unpaired) electrons. The summed E-state index contributed by atoms with van der Waals surface area (Å²) in [6, 6.07) is 5.91. The van der Waals surface area contributed by atoms with Gasteiger partial charge in [0.15, 0.2) is 0 Å². The van der Waals surface area contributed by atoms with Crippen LogP contribution in [0.2, 0.25) is 0 Å². The fraction of sp³-hybridized carbons (Fsp3) is 0.429. The number of methoxy groups -OCH3 is 1. The number of benzene rings is 1. The Labute approximate surface area is 122 Å². The molecule has 1 fully saturated rings. The molecule has 1 aliphatic heterocycles. The first-order chi connectivity index (χ1) is 9.63. The molecular weight excluding hydrogens is 276 g/mol. The van der Waals surface area contributed by atoms with Crippen LogP contribution in [0.5, 0.6) is 5.75 Å². The van der Waals surface area contributed by atoms with Crippen LogP contribution in [0.4, 0.5) is 4.79 Å². The molecule has 0 aromatic heterocycles. The second-order valence-electron chi connectivity index (χ2n) is 4.59. The Hall–Kier alpha value is -1.53. The molecule has 0 saturated carbocycles. The van der Waals surface area contributed by atoms with Crippen molar-refractivity contribution in [2.75, 3.05) is 20.7 Å². The Bertz CT molecular complexity index is 519. The average Bonchev–Trinajstić information content (AvgIpc) is 2.75. The van der Waals surface area contributed by atoms with Crippen LogP contribution in [-0.2, 0) is 17.6 Å². The Balaban J connectivity index is 2.12. The third-order valence-electron chi connectivity index (χ3n) is 3.18. The number of rotatable bonds is 6. The zero-order valence-corrected chi connectivity index (χ0v) is 12.4. The Morgan fingerprint density at radius 2 is 2.20 bits per heavy atom. The number of amides is 2. The molecule has 2 N–H and O–H groups in total. The first kappa shape index (κ1) is 14.9. The molecule has 108 valence electrons. The normalized spacial score (nSPS) is 18.2. The quantitative estimate of drug-likeness (QED) is 0.829. The zero-order chi connectivity index (χ0) is 14.5. The molecular formula is C14H18N2O3S. The molecule has 1 aromatic carbocycles. The maximum Gasteiger partial charge on any atom is 0.286 e. The summed E-state index contributed by atoms with van der Waals surface area (Å²) in [7, 11) is 3.55. The number of imide groups is 1. The van der Waals surface area contributed by atoms with E-state index in [1.54, 1.807) is 7.11 Å². The van der Waals surface area contributed by atoms with Gasteiger partial charge in [0, 0.05) is 0 Å². The maximum atomic E-state index is 11.6. The van der Waals surface area contributed by atoms with E-state index < -0.39 is 0 Å². The Morgan fingerprint density at radius 1 is 1.40 bits per heavy atom. The van der Waals surface area contributed by atoms with Crippen LogP contribution in [-0.4, -0.2) is 37.1 Å². The van der Waals surface area contributed by atoms with Crippen LogP contribution in [0.3, 0.4) is 0 Å². The molecule has 1 aliphatic rings. The fourth-order valence-corrected chi connectivity index (χ4v) is 3.02. The number of carbonyl (C=O) groups excluding carboxylic acids is 2. The van der Waals surface area contributed by atoms with E-state index in [2.05, 4.69) is 10.6 Å². The van der Waals surface area contributed by atoms with Crippen molar-refractivity contribution in [3.63, 3.8) is 0 Å². The van der Waals surface area contributed by atoms with Crippen LogP contribution >= 0.6 is 11.8 Å². The first-order valence-corrected chi connectivity index (χ1v) is 7.34. The number of thioether (sulfide) groups is 1. The van der Waals surface area contributed by atoms with Gasteiger partial charge < -0.3 is 10.1 Å². The summed E-state index contributed by atoms with van der Waals surface area (Å²) < 4.78 is 5.34. The lowest BCUT2D eigenvalue weighted by molar-refractivity contribution is -0.118. The fourth-order valence-electron chi connectivity index (χ4n) is 2.16. The smallest absolute Gasteiger partial charge is 0.286 e. The van der Waals surface area contributed by atoms with E-state index in [-0.39, 0.29) is 16.4 Å². The van der Waals surface area contributed by atoms with Gasteiger partial charge in [0.05, 0.1) is 12.4 Å². The van der Waals surface area contributed by atoms with Crippen molar-refractivity contribution in [2.24, 2.45) is 0 Å². The van der Waals surface area contributed by atoms with E-state index in [0.29, 0.717) is 6.42 Å². The second kappa shape index (κ2) is 6.76. The number of hydrogen-bond acceptors (Lipinski definition) is 5. The van der Waals surface area contributed by atoms with Crippen LogP contribution in [0.1, 0.15) is 11.1 Å². The van der Waals surface area contributed by atoms with Crippen molar-refractivity contribution in [2.45, 2.75) is 18.1 Å². The van der Waals surface area contributed by atoms with Crippen LogP contribution in [0.15, 0.2) is 18.2 Å². The number of carbonyl (C=O) groups is 2. The van der Waals surface area contributed by atoms with Gasteiger partial charge in [-0.15, -0.1) is 0 Å².